The van der Waals surface area contributed by atoms with Crippen molar-refractivity contribution in [3.8, 4) is 0 Å². The van der Waals surface area contributed by atoms with Gasteiger partial charge in [-0.3, -0.25) is 4.79 Å². The number of hydrogen-bond donors (Lipinski definition) is 0. The Kier molecular flexibility index (Phi) is 3.24. The smallest absolute Gasteiger partial charge is 0.202 e. The van der Waals surface area contributed by atoms with Gasteiger partial charge in [-0.1, -0.05) is 25.1 Å². The van der Waals surface area contributed by atoms with Gasteiger partial charge in [0.1, 0.15) is 5.76 Å². The highest BCUT2D eigenvalue weighted by molar-refractivity contribution is 5.95. The molecule has 19 heavy (non-hydrogen) atoms. The fourth-order valence-corrected chi connectivity index (χ4v) is 2.73. The van der Waals surface area contributed by atoms with E-state index in [1.165, 1.54) is 24.0 Å². The minimum atomic E-state index is 0.0673. The molecular formula is C17H18O2. The molecule has 2 heteroatoms. The van der Waals surface area contributed by atoms with Crippen molar-refractivity contribution in [2.45, 2.75) is 39.0 Å². The van der Waals surface area contributed by atoms with E-state index in [0.717, 1.165) is 24.2 Å². The van der Waals surface area contributed by atoms with Crippen LogP contribution in [0.25, 0.3) is 0 Å². The first-order chi connectivity index (χ1) is 9.26. The molecule has 0 saturated heterocycles. The molecule has 0 saturated carbocycles. The van der Waals surface area contributed by atoms with Crippen LogP contribution in [0.1, 0.15) is 46.3 Å². The third kappa shape index (κ3) is 2.48. The lowest BCUT2D eigenvalue weighted by Gasteiger charge is -2.03. The molecule has 0 fully saturated rings. The number of carbonyl (C=O) groups excluding carboxylic acids is 1. The topological polar surface area (TPSA) is 30.2 Å². The van der Waals surface area contributed by atoms with Crippen molar-refractivity contribution < 1.29 is 9.21 Å². The number of aryl methyl sites for hydroxylation is 3. The van der Waals surface area contributed by atoms with Gasteiger partial charge < -0.3 is 4.42 Å². The molecule has 0 atom stereocenters. The third-order valence-corrected chi connectivity index (χ3v) is 3.81. The van der Waals surface area contributed by atoms with E-state index in [-0.39, 0.29) is 5.78 Å². The van der Waals surface area contributed by atoms with Gasteiger partial charge in [-0.2, -0.15) is 0 Å². The van der Waals surface area contributed by atoms with Crippen molar-refractivity contribution in [3.05, 3.63) is 58.5 Å². The Hall–Kier alpha value is -1.83. The molecule has 0 spiro atoms. The number of Topliss-reactive ketones (excluding diaryl/α,β-unsaturated/α-hetero) is 1. The number of carbonyl (C=O) groups is 1. The first-order valence-electron chi connectivity index (χ1n) is 6.99. The van der Waals surface area contributed by atoms with Crippen LogP contribution in [0.5, 0.6) is 0 Å². The van der Waals surface area contributed by atoms with E-state index in [0.29, 0.717) is 12.2 Å². The molecule has 0 radical (unpaired) electrons. The van der Waals surface area contributed by atoms with Crippen molar-refractivity contribution >= 4 is 5.78 Å². The molecule has 0 amide bonds. The van der Waals surface area contributed by atoms with Crippen LogP contribution in [0.2, 0.25) is 0 Å². The summed E-state index contributed by atoms with van der Waals surface area (Å²) in [5.41, 5.74) is 3.96. The summed E-state index contributed by atoms with van der Waals surface area (Å²) in [4.78, 5) is 12.1. The summed E-state index contributed by atoms with van der Waals surface area (Å²) in [7, 11) is 0. The number of fused-ring (bicyclic) bond motifs is 1. The van der Waals surface area contributed by atoms with Crippen LogP contribution in [0, 0.1) is 0 Å². The summed E-state index contributed by atoms with van der Waals surface area (Å²) >= 11 is 0. The first kappa shape index (κ1) is 12.2. The summed E-state index contributed by atoms with van der Waals surface area (Å²) in [6.07, 6.45) is 4.83. The second-order valence-corrected chi connectivity index (χ2v) is 5.18. The normalized spacial score (nSPS) is 13.5. The lowest BCUT2D eigenvalue weighted by Crippen LogP contribution is -2.02. The molecule has 1 aromatic heterocycles. The van der Waals surface area contributed by atoms with Crippen LogP contribution in [0.15, 0.2) is 34.7 Å². The van der Waals surface area contributed by atoms with Gasteiger partial charge in [-0.25, -0.2) is 0 Å². The van der Waals surface area contributed by atoms with E-state index in [2.05, 4.69) is 18.2 Å². The molecule has 0 bridgehead atoms. The van der Waals surface area contributed by atoms with Gasteiger partial charge in [0.2, 0.25) is 5.78 Å². The van der Waals surface area contributed by atoms with Crippen LogP contribution in [0.4, 0.5) is 0 Å². The second kappa shape index (κ2) is 5.04. The quantitative estimate of drug-likeness (QED) is 0.778. The molecule has 1 aliphatic carbocycles. The maximum absolute atomic E-state index is 12.1. The summed E-state index contributed by atoms with van der Waals surface area (Å²) in [6, 6.07) is 10.1. The molecule has 3 rings (SSSR count). The van der Waals surface area contributed by atoms with Crippen LogP contribution >= 0.6 is 0 Å². The van der Waals surface area contributed by atoms with Crippen molar-refractivity contribution in [1.29, 1.82) is 0 Å². The van der Waals surface area contributed by atoms with Gasteiger partial charge in [0.05, 0.1) is 0 Å². The van der Waals surface area contributed by atoms with E-state index in [1.807, 2.05) is 13.0 Å². The standard InChI is InChI=1S/C17H18O2/c1-2-15-8-9-17(19-15)16(18)11-12-6-7-13-4-3-5-14(13)10-12/h6-10H,2-5,11H2,1H3. The second-order valence-electron chi connectivity index (χ2n) is 5.18. The van der Waals surface area contributed by atoms with Crippen LogP contribution in [-0.4, -0.2) is 5.78 Å². The fourth-order valence-electron chi connectivity index (χ4n) is 2.73. The minimum absolute atomic E-state index is 0.0673. The van der Waals surface area contributed by atoms with Gasteiger partial charge >= 0.3 is 0 Å². The molecule has 1 aromatic carbocycles. The van der Waals surface area contributed by atoms with Crippen LogP contribution in [0.3, 0.4) is 0 Å². The number of hydrogen-bond acceptors (Lipinski definition) is 2. The highest BCUT2D eigenvalue weighted by atomic mass is 16.3. The summed E-state index contributed by atoms with van der Waals surface area (Å²) < 4.78 is 5.51. The molecule has 0 N–H and O–H groups in total. The molecule has 2 aromatic rings. The Balaban J connectivity index is 1.75. The highest BCUT2D eigenvalue weighted by Crippen LogP contribution is 2.23. The minimum Gasteiger partial charge on any atom is -0.458 e. The monoisotopic (exact) mass is 254 g/mol. The molecule has 0 aliphatic heterocycles. The van der Waals surface area contributed by atoms with Crippen molar-refractivity contribution in [2.24, 2.45) is 0 Å². The lowest BCUT2D eigenvalue weighted by molar-refractivity contribution is 0.0965. The number of ketones is 1. The Morgan fingerprint density at radius 1 is 1.16 bits per heavy atom. The average molecular weight is 254 g/mol. The highest BCUT2D eigenvalue weighted by Gasteiger charge is 2.14. The summed E-state index contributed by atoms with van der Waals surface area (Å²) in [5, 5.41) is 0. The molecule has 1 aliphatic rings. The van der Waals surface area contributed by atoms with Gasteiger partial charge in [0.25, 0.3) is 0 Å². The lowest BCUT2D eigenvalue weighted by atomic mass is 10.0. The van der Waals surface area contributed by atoms with Crippen molar-refractivity contribution in [3.63, 3.8) is 0 Å². The SMILES string of the molecule is CCc1ccc(C(=O)Cc2ccc3c(c2)CCC3)o1. The summed E-state index contributed by atoms with van der Waals surface area (Å²) in [5.74, 6) is 1.42. The first-order valence-corrected chi connectivity index (χ1v) is 6.99. The zero-order valence-corrected chi connectivity index (χ0v) is 11.2. The number of rotatable bonds is 4. The van der Waals surface area contributed by atoms with Gasteiger partial charge in [0, 0.05) is 12.8 Å². The van der Waals surface area contributed by atoms with Crippen molar-refractivity contribution in [2.75, 3.05) is 0 Å². The van der Waals surface area contributed by atoms with Crippen LogP contribution in [-0.2, 0) is 25.7 Å². The molecule has 0 unspecified atom stereocenters. The zero-order chi connectivity index (χ0) is 13.2. The molecule has 2 nitrogen and oxygen atoms in total. The van der Waals surface area contributed by atoms with Gasteiger partial charge in [-0.15, -0.1) is 0 Å². The third-order valence-electron chi connectivity index (χ3n) is 3.81. The zero-order valence-electron chi connectivity index (χ0n) is 11.2. The van der Waals surface area contributed by atoms with E-state index >= 15 is 0 Å². The molecule has 1 heterocycles. The van der Waals surface area contributed by atoms with Crippen molar-refractivity contribution in [1.82, 2.24) is 0 Å². The molecule has 98 valence electrons. The Morgan fingerprint density at radius 3 is 2.79 bits per heavy atom. The number of benzene rings is 1. The number of furan rings is 1. The Labute approximate surface area is 113 Å². The predicted molar refractivity (Wildman–Crippen MR) is 74.6 cm³/mol. The van der Waals surface area contributed by atoms with Gasteiger partial charge in [-0.05, 0) is 48.1 Å². The molecular weight excluding hydrogens is 236 g/mol. The predicted octanol–water partition coefficient (Wildman–Crippen LogP) is 3.76. The maximum atomic E-state index is 12.1. The maximum Gasteiger partial charge on any atom is 0.202 e. The van der Waals surface area contributed by atoms with Gasteiger partial charge in [0.15, 0.2) is 5.76 Å². The van der Waals surface area contributed by atoms with E-state index in [4.69, 9.17) is 4.42 Å². The fraction of sp³-hybridized carbons (Fsp3) is 0.353. The Bertz CT molecular complexity index is 607. The summed E-state index contributed by atoms with van der Waals surface area (Å²) in [6.45, 7) is 2.02. The van der Waals surface area contributed by atoms with E-state index in [1.54, 1.807) is 6.07 Å². The van der Waals surface area contributed by atoms with Crippen LogP contribution < -0.4 is 0 Å². The van der Waals surface area contributed by atoms with E-state index < -0.39 is 0 Å². The largest absolute Gasteiger partial charge is 0.458 e. The van der Waals surface area contributed by atoms with E-state index in [9.17, 15) is 4.79 Å². The average Bonchev–Trinajstić information content (AvgIpc) is 3.06. The Morgan fingerprint density at radius 2 is 2.00 bits per heavy atom.